The van der Waals surface area contributed by atoms with Gasteiger partial charge in [-0.25, -0.2) is 0 Å². The lowest BCUT2D eigenvalue weighted by atomic mass is 10.0. The molecule has 2 atom stereocenters. The number of allylic oxidation sites excluding steroid dienone is 5. The van der Waals surface area contributed by atoms with Crippen molar-refractivity contribution in [2.45, 2.75) is 309 Å². The maximum Gasteiger partial charge on any atom is 0.305 e. The highest BCUT2D eigenvalue weighted by atomic mass is 16.5. The van der Waals surface area contributed by atoms with Crippen LogP contribution in [0.1, 0.15) is 296 Å². The number of aliphatic hydroxyl groups is 2. The number of hydrogen-bond donors (Lipinski definition) is 3. The molecule has 0 aromatic rings. The number of unbranched alkanes of at least 4 members (excludes halogenated alkanes) is 37. The average molecular weight is 901 g/mol. The highest BCUT2D eigenvalue weighted by molar-refractivity contribution is 5.76. The maximum absolute atomic E-state index is 12.5. The molecule has 0 bridgehead atoms. The Morgan fingerprint density at radius 1 is 0.422 bits per heavy atom. The van der Waals surface area contributed by atoms with Crippen LogP contribution in [0.5, 0.6) is 0 Å². The highest BCUT2D eigenvalue weighted by Crippen LogP contribution is 2.16. The van der Waals surface area contributed by atoms with Gasteiger partial charge in [-0.2, -0.15) is 0 Å². The van der Waals surface area contributed by atoms with Gasteiger partial charge in [-0.3, -0.25) is 9.59 Å². The van der Waals surface area contributed by atoms with Crippen LogP contribution >= 0.6 is 0 Å². The Kier molecular flexibility index (Phi) is 52.1. The first-order valence-electron chi connectivity index (χ1n) is 28.3. The van der Waals surface area contributed by atoms with Gasteiger partial charge in [-0.15, -0.1) is 0 Å². The third-order valence-electron chi connectivity index (χ3n) is 12.9. The summed E-state index contributed by atoms with van der Waals surface area (Å²) in [6, 6.07) is -0.655. The Hall–Kier alpha value is -1.92. The van der Waals surface area contributed by atoms with E-state index < -0.39 is 12.1 Å². The van der Waals surface area contributed by atoms with E-state index in [4.69, 9.17) is 4.74 Å². The lowest BCUT2D eigenvalue weighted by Crippen LogP contribution is -2.45. The molecule has 0 aliphatic heterocycles. The molecule has 0 aromatic carbocycles. The number of amides is 1. The van der Waals surface area contributed by atoms with Crippen LogP contribution in [-0.2, 0) is 14.3 Å². The Bertz CT molecular complexity index is 1040. The van der Waals surface area contributed by atoms with Crippen LogP contribution in [0.25, 0.3) is 0 Å². The minimum Gasteiger partial charge on any atom is -0.466 e. The van der Waals surface area contributed by atoms with E-state index in [9.17, 15) is 19.8 Å². The van der Waals surface area contributed by atoms with Gasteiger partial charge in [0.05, 0.1) is 25.4 Å². The molecule has 1 amide bonds. The van der Waals surface area contributed by atoms with E-state index >= 15 is 0 Å². The van der Waals surface area contributed by atoms with Gasteiger partial charge < -0.3 is 20.3 Å². The minimum atomic E-state index is -0.868. The summed E-state index contributed by atoms with van der Waals surface area (Å²) in [5.41, 5.74) is 0. The molecule has 6 heteroatoms. The third kappa shape index (κ3) is 49.5. The molecule has 0 saturated heterocycles. The van der Waals surface area contributed by atoms with Gasteiger partial charge in [-0.1, -0.05) is 237 Å². The minimum absolute atomic E-state index is 0.0462. The molecule has 64 heavy (non-hydrogen) atoms. The summed E-state index contributed by atoms with van der Waals surface area (Å²) >= 11 is 0. The zero-order valence-electron chi connectivity index (χ0n) is 42.8. The Labute approximate surface area is 398 Å². The lowest BCUT2D eigenvalue weighted by Gasteiger charge is -2.20. The van der Waals surface area contributed by atoms with Gasteiger partial charge in [0, 0.05) is 12.8 Å². The van der Waals surface area contributed by atoms with E-state index in [-0.39, 0.29) is 18.5 Å². The predicted molar refractivity (Wildman–Crippen MR) is 278 cm³/mol. The maximum atomic E-state index is 12.5. The van der Waals surface area contributed by atoms with E-state index in [2.05, 4.69) is 43.5 Å². The van der Waals surface area contributed by atoms with Gasteiger partial charge in [0.2, 0.25) is 5.91 Å². The topological polar surface area (TPSA) is 95.9 Å². The van der Waals surface area contributed by atoms with Crippen LogP contribution in [0.15, 0.2) is 36.5 Å². The molecule has 0 aromatic heterocycles. The van der Waals surface area contributed by atoms with Gasteiger partial charge in [-0.05, 0) is 83.5 Å². The zero-order valence-corrected chi connectivity index (χ0v) is 42.8. The monoisotopic (exact) mass is 900 g/mol. The fourth-order valence-electron chi connectivity index (χ4n) is 8.50. The van der Waals surface area contributed by atoms with Crippen LogP contribution in [-0.4, -0.2) is 47.4 Å². The standard InChI is InChI=1S/C58H109NO5/c1-3-5-7-9-11-13-15-17-19-20-21-22-23-24-25-27-28-30-34-38-42-46-50-56(61)55(54-60)59-57(62)51-47-43-39-35-32-33-37-41-45-49-53-64-58(63)52-48-44-40-36-31-29-26-18-16-14-12-10-8-6-4-2/h18,26,33,37,46,50,55-56,60-61H,3-17,19-25,27-32,34-36,38-45,47-49,51-54H2,1-2H3,(H,59,62)/b26-18-,37-33-,50-46+. The average Bonchev–Trinajstić information content (AvgIpc) is 3.29. The molecule has 2 unspecified atom stereocenters. The molecule has 0 radical (unpaired) electrons. The van der Waals surface area contributed by atoms with Gasteiger partial charge in [0.15, 0.2) is 0 Å². The zero-order chi connectivity index (χ0) is 46.5. The number of aliphatic hydroxyl groups excluding tert-OH is 2. The first-order valence-corrected chi connectivity index (χ1v) is 28.3. The molecule has 0 aliphatic rings. The fraction of sp³-hybridized carbons (Fsp3) is 0.862. The van der Waals surface area contributed by atoms with Gasteiger partial charge in [0.25, 0.3) is 0 Å². The highest BCUT2D eigenvalue weighted by Gasteiger charge is 2.18. The summed E-state index contributed by atoms with van der Waals surface area (Å²) in [6.07, 6.45) is 65.9. The molecule has 376 valence electrons. The van der Waals surface area contributed by atoms with Crippen LogP contribution in [0.3, 0.4) is 0 Å². The second kappa shape index (κ2) is 53.7. The predicted octanol–water partition coefficient (Wildman–Crippen LogP) is 17.2. The second-order valence-electron chi connectivity index (χ2n) is 19.3. The fourth-order valence-corrected chi connectivity index (χ4v) is 8.50. The molecule has 0 fully saturated rings. The smallest absolute Gasteiger partial charge is 0.305 e. The van der Waals surface area contributed by atoms with E-state index in [1.807, 2.05) is 6.08 Å². The van der Waals surface area contributed by atoms with E-state index in [0.29, 0.717) is 19.4 Å². The summed E-state index contributed by atoms with van der Waals surface area (Å²) in [5, 5.41) is 23.1. The Balaban J connectivity index is 3.56. The van der Waals surface area contributed by atoms with Gasteiger partial charge >= 0.3 is 5.97 Å². The van der Waals surface area contributed by atoms with Crippen molar-refractivity contribution >= 4 is 11.9 Å². The number of ether oxygens (including phenoxy) is 1. The van der Waals surface area contributed by atoms with Crippen molar-refractivity contribution in [3.05, 3.63) is 36.5 Å². The van der Waals surface area contributed by atoms with Crippen molar-refractivity contribution in [1.82, 2.24) is 5.32 Å². The number of carbonyl (C=O) groups is 2. The first kappa shape index (κ1) is 62.1. The van der Waals surface area contributed by atoms with Crippen molar-refractivity contribution < 1.29 is 24.5 Å². The van der Waals surface area contributed by atoms with E-state index in [1.165, 1.54) is 193 Å². The summed E-state index contributed by atoms with van der Waals surface area (Å²) in [4.78, 5) is 24.5. The number of carbonyl (C=O) groups excluding carboxylic acids is 2. The van der Waals surface area contributed by atoms with Crippen molar-refractivity contribution in [3.63, 3.8) is 0 Å². The third-order valence-corrected chi connectivity index (χ3v) is 12.9. The summed E-state index contributed by atoms with van der Waals surface area (Å²) in [7, 11) is 0. The van der Waals surface area contributed by atoms with Crippen LogP contribution < -0.4 is 5.32 Å². The van der Waals surface area contributed by atoms with Crippen LogP contribution in [0.4, 0.5) is 0 Å². The number of esters is 1. The second-order valence-corrected chi connectivity index (χ2v) is 19.3. The largest absolute Gasteiger partial charge is 0.466 e. The van der Waals surface area contributed by atoms with Crippen LogP contribution in [0.2, 0.25) is 0 Å². The first-order chi connectivity index (χ1) is 31.5. The molecule has 0 saturated carbocycles. The number of hydrogen-bond acceptors (Lipinski definition) is 5. The number of nitrogens with one attached hydrogen (secondary N) is 1. The summed E-state index contributed by atoms with van der Waals surface area (Å²) in [6.45, 7) is 4.81. The molecular formula is C58H109NO5. The normalized spacial score (nSPS) is 12.9. The molecule has 0 rings (SSSR count). The van der Waals surface area contributed by atoms with Crippen molar-refractivity contribution in [2.24, 2.45) is 0 Å². The van der Waals surface area contributed by atoms with E-state index in [0.717, 1.165) is 77.0 Å². The molecule has 6 nitrogen and oxygen atoms in total. The van der Waals surface area contributed by atoms with Crippen molar-refractivity contribution in [2.75, 3.05) is 13.2 Å². The molecular weight excluding hydrogens is 791 g/mol. The summed E-state index contributed by atoms with van der Waals surface area (Å²) < 4.78 is 5.43. The van der Waals surface area contributed by atoms with E-state index in [1.54, 1.807) is 6.08 Å². The molecule has 3 N–H and O–H groups in total. The van der Waals surface area contributed by atoms with Crippen molar-refractivity contribution in [1.29, 1.82) is 0 Å². The van der Waals surface area contributed by atoms with Crippen LogP contribution in [0, 0.1) is 0 Å². The summed E-state index contributed by atoms with van der Waals surface area (Å²) in [5.74, 6) is -0.149. The lowest BCUT2D eigenvalue weighted by molar-refractivity contribution is -0.143. The molecule has 0 aliphatic carbocycles. The number of rotatable bonds is 52. The Morgan fingerprint density at radius 3 is 1.11 bits per heavy atom. The quantitative estimate of drug-likeness (QED) is 0.0321. The Morgan fingerprint density at radius 2 is 0.734 bits per heavy atom. The van der Waals surface area contributed by atoms with Gasteiger partial charge in [0.1, 0.15) is 0 Å². The molecule has 0 spiro atoms. The van der Waals surface area contributed by atoms with Crippen molar-refractivity contribution in [3.8, 4) is 0 Å². The SMILES string of the molecule is CCCCCCCC/C=C\CCCCCCCC(=O)OCCCC/C=C\CCCCCCC(=O)NC(CO)C(O)/C=C/CCCCCCCCCCCCCCCCCCCCCC. The molecule has 0 heterocycles.